The van der Waals surface area contributed by atoms with Crippen LogP contribution in [0.5, 0.6) is 0 Å². The van der Waals surface area contributed by atoms with Crippen LogP contribution in [0, 0.1) is 6.92 Å². The molecule has 68 valence electrons. The SMILES string of the molecule is Cc1c(CC(C)(C)O)cnn1C. The van der Waals surface area contributed by atoms with E-state index in [1.165, 1.54) is 0 Å². The molecule has 3 heteroatoms. The molecule has 0 aliphatic carbocycles. The van der Waals surface area contributed by atoms with Crippen LogP contribution in [0.2, 0.25) is 0 Å². The molecule has 1 rings (SSSR count). The summed E-state index contributed by atoms with van der Waals surface area (Å²) in [5.41, 5.74) is 1.59. The third-order valence-electron chi connectivity index (χ3n) is 1.96. The van der Waals surface area contributed by atoms with Crippen molar-refractivity contribution in [3.05, 3.63) is 17.5 Å². The molecule has 0 fully saturated rings. The Morgan fingerprint density at radius 1 is 1.58 bits per heavy atom. The van der Waals surface area contributed by atoms with Gasteiger partial charge < -0.3 is 5.11 Å². The number of hydrogen-bond acceptors (Lipinski definition) is 2. The molecule has 0 saturated carbocycles. The number of aromatic nitrogens is 2. The molecule has 1 N–H and O–H groups in total. The van der Waals surface area contributed by atoms with Crippen molar-refractivity contribution in [1.29, 1.82) is 0 Å². The van der Waals surface area contributed by atoms with Crippen molar-refractivity contribution < 1.29 is 5.11 Å². The molecule has 0 bridgehead atoms. The highest BCUT2D eigenvalue weighted by Crippen LogP contribution is 2.14. The van der Waals surface area contributed by atoms with E-state index < -0.39 is 5.60 Å². The molecule has 0 aliphatic rings. The zero-order valence-electron chi connectivity index (χ0n) is 8.13. The van der Waals surface area contributed by atoms with Crippen LogP contribution in [0.1, 0.15) is 25.1 Å². The highest BCUT2D eigenvalue weighted by atomic mass is 16.3. The molecule has 0 unspecified atom stereocenters. The Bertz CT molecular complexity index is 271. The summed E-state index contributed by atoms with van der Waals surface area (Å²) in [6.07, 6.45) is 2.47. The van der Waals surface area contributed by atoms with Gasteiger partial charge in [-0.1, -0.05) is 0 Å². The molecular formula is C9H16N2O. The third kappa shape index (κ3) is 2.08. The first-order valence-electron chi connectivity index (χ1n) is 4.10. The Hall–Kier alpha value is -0.830. The summed E-state index contributed by atoms with van der Waals surface area (Å²) in [4.78, 5) is 0. The van der Waals surface area contributed by atoms with Gasteiger partial charge in [-0.05, 0) is 26.3 Å². The summed E-state index contributed by atoms with van der Waals surface area (Å²) in [7, 11) is 1.91. The molecule has 0 aliphatic heterocycles. The summed E-state index contributed by atoms with van der Waals surface area (Å²) in [6, 6.07) is 0. The van der Waals surface area contributed by atoms with Crippen LogP contribution in [0.25, 0.3) is 0 Å². The monoisotopic (exact) mass is 168 g/mol. The maximum Gasteiger partial charge on any atom is 0.0633 e. The molecule has 0 atom stereocenters. The molecule has 0 amide bonds. The van der Waals surface area contributed by atoms with Gasteiger partial charge in [0, 0.05) is 19.2 Å². The minimum Gasteiger partial charge on any atom is -0.390 e. The fourth-order valence-electron chi connectivity index (χ4n) is 1.18. The molecule has 0 radical (unpaired) electrons. The average Bonchev–Trinajstić information content (AvgIpc) is 2.16. The lowest BCUT2D eigenvalue weighted by atomic mass is 10.00. The van der Waals surface area contributed by atoms with Gasteiger partial charge in [-0.15, -0.1) is 0 Å². The van der Waals surface area contributed by atoms with Gasteiger partial charge in [-0.3, -0.25) is 4.68 Å². The average molecular weight is 168 g/mol. The number of hydrogen-bond donors (Lipinski definition) is 1. The van der Waals surface area contributed by atoms with Crippen LogP contribution < -0.4 is 0 Å². The summed E-state index contributed by atoms with van der Waals surface area (Å²) in [5, 5.41) is 13.7. The molecule has 1 heterocycles. The Balaban J connectivity index is 2.83. The maximum absolute atomic E-state index is 9.57. The summed E-state index contributed by atoms with van der Waals surface area (Å²) in [5.74, 6) is 0. The second-order valence-corrected chi connectivity index (χ2v) is 3.87. The van der Waals surface area contributed by atoms with E-state index >= 15 is 0 Å². The minimum absolute atomic E-state index is 0.645. The first-order chi connectivity index (χ1) is 5.40. The van der Waals surface area contributed by atoms with Crippen molar-refractivity contribution in [1.82, 2.24) is 9.78 Å². The van der Waals surface area contributed by atoms with E-state index in [4.69, 9.17) is 0 Å². The normalized spacial score (nSPS) is 12.1. The number of nitrogens with zero attached hydrogens (tertiary/aromatic N) is 2. The number of aliphatic hydroxyl groups is 1. The van der Waals surface area contributed by atoms with Crippen LogP contribution >= 0.6 is 0 Å². The van der Waals surface area contributed by atoms with Crippen molar-refractivity contribution in [3.8, 4) is 0 Å². The lowest BCUT2D eigenvalue weighted by molar-refractivity contribution is 0.0808. The van der Waals surface area contributed by atoms with Crippen LogP contribution in [0.15, 0.2) is 6.20 Å². The predicted molar refractivity (Wildman–Crippen MR) is 47.9 cm³/mol. The topological polar surface area (TPSA) is 38.1 Å². The van der Waals surface area contributed by atoms with Gasteiger partial charge in [0.05, 0.1) is 11.8 Å². The number of aryl methyl sites for hydroxylation is 1. The molecule has 3 nitrogen and oxygen atoms in total. The van der Waals surface area contributed by atoms with Gasteiger partial charge in [0.1, 0.15) is 0 Å². The van der Waals surface area contributed by atoms with Gasteiger partial charge in [0.15, 0.2) is 0 Å². The molecule has 0 saturated heterocycles. The van der Waals surface area contributed by atoms with Crippen LogP contribution in [0.4, 0.5) is 0 Å². The highest BCUT2D eigenvalue weighted by molar-refractivity contribution is 5.17. The first-order valence-corrected chi connectivity index (χ1v) is 4.10. The fourth-order valence-corrected chi connectivity index (χ4v) is 1.18. The lowest BCUT2D eigenvalue weighted by Gasteiger charge is -2.16. The van der Waals surface area contributed by atoms with E-state index in [-0.39, 0.29) is 0 Å². The van der Waals surface area contributed by atoms with E-state index in [9.17, 15) is 5.11 Å². The van der Waals surface area contributed by atoms with E-state index in [2.05, 4.69) is 5.10 Å². The van der Waals surface area contributed by atoms with E-state index in [0.717, 1.165) is 11.3 Å². The molecule has 1 aromatic heterocycles. The minimum atomic E-state index is -0.645. The van der Waals surface area contributed by atoms with Gasteiger partial charge in [-0.25, -0.2) is 0 Å². The van der Waals surface area contributed by atoms with Crippen molar-refractivity contribution >= 4 is 0 Å². The van der Waals surface area contributed by atoms with Crippen molar-refractivity contribution in [3.63, 3.8) is 0 Å². The van der Waals surface area contributed by atoms with Crippen molar-refractivity contribution in [2.75, 3.05) is 0 Å². The third-order valence-corrected chi connectivity index (χ3v) is 1.96. The van der Waals surface area contributed by atoms with E-state index in [1.54, 1.807) is 13.8 Å². The maximum atomic E-state index is 9.57. The smallest absolute Gasteiger partial charge is 0.0633 e. The van der Waals surface area contributed by atoms with Gasteiger partial charge in [-0.2, -0.15) is 5.10 Å². The predicted octanol–water partition coefficient (Wildman–Crippen LogP) is 1.04. The van der Waals surface area contributed by atoms with Crippen LogP contribution in [-0.4, -0.2) is 20.5 Å². The zero-order valence-corrected chi connectivity index (χ0v) is 8.13. The summed E-state index contributed by atoms with van der Waals surface area (Å²) in [6.45, 7) is 5.62. The Morgan fingerprint density at radius 2 is 2.17 bits per heavy atom. The largest absolute Gasteiger partial charge is 0.390 e. The molecule has 0 spiro atoms. The van der Waals surface area contributed by atoms with Crippen LogP contribution in [-0.2, 0) is 13.5 Å². The summed E-state index contributed by atoms with van der Waals surface area (Å²) >= 11 is 0. The molecule has 1 aromatic rings. The van der Waals surface area contributed by atoms with E-state index in [0.29, 0.717) is 6.42 Å². The molecular weight excluding hydrogens is 152 g/mol. The highest BCUT2D eigenvalue weighted by Gasteiger charge is 2.16. The molecule has 12 heavy (non-hydrogen) atoms. The van der Waals surface area contributed by atoms with Crippen molar-refractivity contribution in [2.45, 2.75) is 32.8 Å². The van der Waals surface area contributed by atoms with E-state index in [1.807, 2.05) is 24.9 Å². The fraction of sp³-hybridized carbons (Fsp3) is 0.667. The standard InChI is InChI=1S/C9H16N2O/c1-7-8(5-9(2,3)12)6-10-11(7)4/h6,12H,5H2,1-4H3. The Morgan fingerprint density at radius 3 is 2.50 bits per heavy atom. The quantitative estimate of drug-likeness (QED) is 0.716. The zero-order chi connectivity index (χ0) is 9.35. The van der Waals surface area contributed by atoms with Crippen molar-refractivity contribution in [2.24, 2.45) is 7.05 Å². The first kappa shape index (κ1) is 9.26. The summed E-state index contributed by atoms with van der Waals surface area (Å²) < 4.78 is 1.82. The Kier molecular flexibility index (Phi) is 2.24. The number of rotatable bonds is 2. The van der Waals surface area contributed by atoms with Gasteiger partial charge >= 0.3 is 0 Å². The second kappa shape index (κ2) is 2.90. The molecule has 0 aromatic carbocycles. The second-order valence-electron chi connectivity index (χ2n) is 3.87. The van der Waals surface area contributed by atoms with Crippen LogP contribution in [0.3, 0.4) is 0 Å². The lowest BCUT2D eigenvalue weighted by Crippen LogP contribution is -2.22. The van der Waals surface area contributed by atoms with Gasteiger partial charge in [0.25, 0.3) is 0 Å². The Labute approximate surface area is 73.0 Å². The van der Waals surface area contributed by atoms with Gasteiger partial charge in [0.2, 0.25) is 0 Å².